The number of carboxylic acid groups (broad SMARTS) is 1. The van der Waals surface area contributed by atoms with Crippen molar-refractivity contribution >= 4 is 22.8 Å². The highest BCUT2D eigenvalue weighted by atomic mass is 19.1. The van der Waals surface area contributed by atoms with Crippen molar-refractivity contribution in [1.29, 1.82) is 0 Å². The molecular weight excluding hydrogens is 423 g/mol. The molecule has 2 aromatic carbocycles. The molecule has 0 radical (unpaired) electrons. The number of fused-ring (bicyclic) bond motifs is 1. The van der Waals surface area contributed by atoms with Crippen LogP contribution in [0.4, 0.5) is 10.3 Å². The molecule has 33 heavy (non-hydrogen) atoms. The number of aromatic nitrogens is 3. The van der Waals surface area contributed by atoms with Gasteiger partial charge in [-0.25, -0.2) is 19.2 Å². The number of hydrogen-bond acceptors (Lipinski definition) is 5. The summed E-state index contributed by atoms with van der Waals surface area (Å²) in [6, 6.07) is 14.0. The largest absolute Gasteiger partial charge is 0.492 e. The number of ether oxygens (including phenoxy) is 1. The molecule has 0 saturated heterocycles. The number of nitrogens with zero attached hydrogens (tertiary/aromatic N) is 3. The monoisotopic (exact) mass is 448 g/mol. The molecule has 0 atom stereocenters. The lowest BCUT2D eigenvalue weighted by molar-refractivity contribution is 0.0694. The molecular formula is C25H25FN4O3. The summed E-state index contributed by atoms with van der Waals surface area (Å²) in [5.74, 6) is -0.445. The predicted octanol–water partition coefficient (Wildman–Crippen LogP) is 4.47. The lowest BCUT2D eigenvalue weighted by atomic mass is 10.0. The molecule has 0 aliphatic rings. The number of rotatable bonds is 10. The van der Waals surface area contributed by atoms with Crippen molar-refractivity contribution in [2.45, 2.75) is 19.3 Å². The quantitative estimate of drug-likeness (QED) is 0.348. The van der Waals surface area contributed by atoms with E-state index >= 15 is 0 Å². The first-order valence-electron chi connectivity index (χ1n) is 10.8. The summed E-state index contributed by atoms with van der Waals surface area (Å²) in [7, 11) is 2.02. The molecule has 0 aliphatic carbocycles. The fraction of sp³-hybridized carbons (Fsp3) is 0.240. The van der Waals surface area contributed by atoms with Gasteiger partial charge >= 0.3 is 5.97 Å². The van der Waals surface area contributed by atoms with Crippen molar-refractivity contribution in [1.82, 2.24) is 14.5 Å². The molecule has 4 rings (SSSR count). The molecule has 0 fully saturated rings. The molecule has 0 saturated carbocycles. The first kappa shape index (κ1) is 22.3. The van der Waals surface area contributed by atoms with Crippen LogP contribution >= 0.6 is 0 Å². The fourth-order valence-electron chi connectivity index (χ4n) is 3.81. The maximum absolute atomic E-state index is 13.0. The molecule has 4 aromatic rings. The summed E-state index contributed by atoms with van der Waals surface area (Å²) < 4.78 is 20.6. The standard InChI is InChI=1S/C25H25FN4O3/c1-30-16-17(20-6-2-3-8-23(20)30)5-4-7-22-21(24(31)32)15-28-25(29-22)27-13-14-33-19-11-9-18(26)10-12-19/h2-3,6,8-12,15-16H,4-5,7,13-14H2,1H3,(H,31,32)(H,27,28,29). The zero-order valence-corrected chi connectivity index (χ0v) is 18.3. The Balaban J connectivity index is 1.36. The van der Waals surface area contributed by atoms with Crippen molar-refractivity contribution in [3.05, 3.63) is 83.6 Å². The van der Waals surface area contributed by atoms with Crippen molar-refractivity contribution in [3.8, 4) is 5.75 Å². The number of carboxylic acids is 1. The lowest BCUT2D eigenvalue weighted by Crippen LogP contribution is -2.15. The SMILES string of the molecule is Cn1cc(CCCc2nc(NCCOc3ccc(F)cc3)ncc2C(=O)O)c2ccccc21. The van der Waals surface area contributed by atoms with Gasteiger partial charge < -0.3 is 19.7 Å². The number of anilines is 1. The minimum atomic E-state index is -1.04. The Kier molecular flexibility index (Phi) is 6.83. The third kappa shape index (κ3) is 5.46. The van der Waals surface area contributed by atoms with E-state index in [4.69, 9.17) is 4.74 Å². The first-order valence-corrected chi connectivity index (χ1v) is 10.8. The van der Waals surface area contributed by atoms with E-state index in [1.807, 2.05) is 19.2 Å². The van der Waals surface area contributed by atoms with Gasteiger partial charge in [0.1, 0.15) is 18.2 Å². The molecule has 0 bridgehead atoms. The van der Waals surface area contributed by atoms with Crippen LogP contribution in [-0.4, -0.2) is 38.8 Å². The molecule has 0 aliphatic heterocycles. The van der Waals surface area contributed by atoms with E-state index in [1.54, 1.807) is 12.1 Å². The maximum Gasteiger partial charge on any atom is 0.339 e. The maximum atomic E-state index is 13.0. The zero-order valence-electron chi connectivity index (χ0n) is 18.3. The summed E-state index contributed by atoms with van der Waals surface area (Å²) in [6.45, 7) is 0.741. The van der Waals surface area contributed by atoms with Gasteiger partial charge in [0, 0.05) is 30.3 Å². The van der Waals surface area contributed by atoms with Gasteiger partial charge in [0.2, 0.25) is 5.95 Å². The summed E-state index contributed by atoms with van der Waals surface area (Å²) in [5, 5.41) is 13.8. The van der Waals surface area contributed by atoms with Gasteiger partial charge in [-0.15, -0.1) is 0 Å². The van der Waals surface area contributed by atoms with Gasteiger partial charge in [0.05, 0.1) is 17.8 Å². The Labute approximate surface area is 190 Å². The molecule has 2 N–H and O–H groups in total. The van der Waals surface area contributed by atoms with Gasteiger partial charge in [-0.2, -0.15) is 0 Å². The molecule has 170 valence electrons. The molecule has 8 heteroatoms. The minimum absolute atomic E-state index is 0.112. The average molecular weight is 448 g/mol. The Morgan fingerprint density at radius 2 is 1.94 bits per heavy atom. The molecule has 0 unspecified atom stereocenters. The van der Waals surface area contributed by atoms with E-state index in [-0.39, 0.29) is 11.4 Å². The molecule has 2 aromatic heterocycles. The van der Waals surface area contributed by atoms with E-state index < -0.39 is 5.97 Å². The first-order chi connectivity index (χ1) is 16.0. The minimum Gasteiger partial charge on any atom is -0.492 e. The topological polar surface area (TPSA) is 89.3 Å². The highest BCUT2D eigenvalue weighted by Gasteiger charge is 2.14. The van der Waals surface area contributed by atoms with Crippen LogP contribution in [0.1, 0.15) is 28.0 Å². The van der Waals surface area contributed by atoms with E-state index in [9.17, 15) is 14.3 Å². The highest BCUT2D eigenvalue weighted by molar-refractivity contribution is 5.88. The number of halogens is 1. The zero-order chi connectivity index (χ0) is 23.2. The average Bonchev–Trinajstić information content (AvgIpc) is 3.13. The Hall–Kier alpha value is -3.94. The van der Waals surface area contributed by atoms with Crippen molar-refractivity contribution in [3.63, 3.8) is 0 Å². The predicted molar refractivity (Wildman–Crippen MR) is 124 cm³/mol. The third-order valence-electron chi connectivity index (χ3n) is 5.40. The van der Waals surface area contributed by atoms with Gasteiger partial charge in [0.15, 0.2) is 0 Å². The van der Waals surface area contributed by atoms with E-state index in [2.05, 4.69) is 38.2 Å². The van der Waals surface area contributed by atoms with Crippen LogP contribution in [0.15, 0.2) is 60.9 Å². The number of benzene rings is 2. The van der Waals surface area contributed by atoms with Gasteiger partial charge in [-0.1, -0.05) is 18.2 Å². The number of aromatic carboxylic acids is 1. The van der Waals surface area contributed by atoms with Crippen molar-refractivity contribution in [2.75, 3.05) is 18.5 Å². The lowest BCUT2D eigenvalue weighted by Gasteiger charge is -2.10. The molecule has 2 heterocycles. The summed E-state index contributed by atoms with van der Waals surface area (Å²) in [6.07, 6.45) is 5.56. The van der Waals surface area contributed by atoms with Crippen LogP contribution in [0.2, 0.25) is 0 Å². The van der Waals surface area contributed by atoms with Crippen LogP contribution in [0.25, 0.3) is 10.9 Å². The Morgan fingerprint density at radius 3 is 2.73 bits per heavy atom. The molecule has 7 nitrogen and oxygen atoms in total. The fourth-order valence-corrected chi connectivity index (χ4v) is 3.81. The summed E-state index contributed by atoms with van der Waals surface area (Å²) >= 11 is 0. The van der Waals surface area contributed by atoms with Crippen LogP contribution in [0, 0.1) is 5.82 Å². The third-order valence-corrected chi connectivity index (χ3v) is 5.40. The molecule has 0 amide bonds. The normalized spacial score (nSPS) is 11.0. The Morgan fingerprint density at radius 1 is 1.15 bits per heavy atom. The smallest absolute Gasteiger partial charge is 0.339 e. The number of aryl methyl sites for hydroxylation is 3. The van der Waals surface area contributed by atoms with E-state index in [0.29, 0.717) is 37.0 Å². The number of hydrogen-bond donors (Lipinski definition) is 2. The van der Waals surface area contributed by atoms with Crippen LogP contribution in [0.5, 0.6) is 5.75 Å². The van der Waals surface area contributed by atoms with E-state index in [1.165, 1.54) is 34.8 Å². The van der Waals surface area contributed by atoms with Crippen LogP contribution in [0.3, 0.4) is 0 Å². The molecule has 0 spiro atoms. The second-order valence-electron chi connectivity index (χ2n) is 7.72. The number of nitrogens with one attached hydrogen (secondary N) is 1. The highest BCUT2D eigenvalue weighted by Crippen LogP contribution is 2.22. The van der Waals surface area contributed by atoms with Crippen molar-refractivity contribution in [2.24, 2.45) is 7.05 Å². The number of para-hydroxylation sites is 1. The van der Waals surface area contributed by atoms with Gasteiger partial charge in [-0.3, -0.25) is 0 Å². The van der Waals surface area contributed by atoms with Gasteiger partial charge in [-0.05, 0) is 55.2 Å². The number of carbonyl (C=O) groups is 1. The van der Waals surface area contributed by atoms with E-state index in [0.717, 1.165) is 12.8 Å². The van der Waals surface area contributed by atoms with Crippen molar-refractivity contribution < 1.29 is 19.0 Å². The van der Waals surface area contributed by atoms with Gasteiger partial charge in [0.25, 0.3) is 0 Å². The summed E-state index contributed by atoms with van der Waals surface area (Å²) in [5.41, 5.74) is 3.02. The van der Waals surface area contributed by atoms with Crippen LogP contribution < -0.4 is 10.1 Å². The second-order valence-corrected chi connectivity index (χ2v) is 7.72. The second kappa shape index (κ2) is 10.1. The Bertz CT molecular complexity index is 1250. The van der Waals surface area contributed by atoms with Crippen LogP contribution in [-0.2, 0) is 19.9 Å². The summed E-state index contributed by atoms with van der Waals surface area (Å²) in [4.78, 5) is 20.2.